The first-order chi connectivity index (χ1) is 9.35. The summed E-state index contributed by atoms with van der Waals surface area (Å²) in [4.78, 5) is 34.2. The van der Waals surface area contributed by atoms with E-state index in [0.29, 0.717) is 11.1 Å². The molecule has 0 aliphatic heterocycles. The van der Waals surface area contributed by atoms with E-state index in [4.69, 9.17) is 4.74 Å². The Balaban J connectivity index is 2.74. The number of aliphatic hydroxyl groups excluding tert-OH is 1. The number of ether oxygens (including phenoxy) is 1. The maximum absolute atomic E-state index is 11.9. The summed E-state index contributed by atoms with van der Waals surface area (Å²) in [5.41, 5.74) is 0.694. The van der Waals surface area contributed by atoms with E-state index < -0.39 is 18.0 Å². The van der Waals surface area contributed by atoms with Crippen molar-refractivity contribution >= 4 is 17.5 Å². The van der Waals surface area contributed by atoms with Crippen LogP contribution in [0, 0.1) is 5.92 Å². The van der Waals surface area contributed by atoms with Gasteiger partial charge >= 0.3 is 5.97 Å². The van der Waals surface area contributed by atoms with Crippen LogP contribution in [-0.4, -0.2) is 35.4 Å². The van der Waals surface area contributed by atoms with Crippen LogP contribution in [0.1, 0.15) is 20.3 Å². The van der Waals surface area contributed by atoms with Gasteiger partial charge in [0, 0.05) is 24.0 Å². The van der Waals surface area contributed by atoms with Crippen LogP contribution in [0.25, 0.3) is 0 Å². The van der Waals surface area contributed by atoms with Gasteiger partial charge in [-0.25, -0.2) is 0 Å². The SMILES string of the molecule is C=C[C@@H](C[C@H](O)COC(C)=O)C1=CC(=O)C(C)=CC1=O. The fourth-order valence-corrected chi connectivity index (χ4v) is 1.89. The monoisotopic (exact) mass is 278 g/mol. The zero-order valence-corrected chi connectivity index (χ0v) is 11.6. The molecule has 0 radical (unpaired) electrons. The van der Waals surface area contributed by atoms with Crippen LogP contribution in [0.15, 0.2) is 36.0 Å². The van der Waals surface area contributed by atoms with Crippen LogP contribution in [0.4, 0.5) is 0 Å². The van der Waals surface area contributed by atoms with Crippen LogP contribution in [-0.2, 0) is 19.1 Å². The van der Waals surface area contributed by atoms with E-state index in [-0.39, 0.29) is 24.6 Å². The third-order valence-corrected chi connectivity index (χ3v) is 3.00. The van der Waals surface area contributed by atoms with Crippen LogP contribution in [0.3, 0.4) is 0 Å². The third-order valence-electron chi connectivity index (χ3n) is 3.00. The molecule has 1 aliphatic rings. The zero-order chi connectivity index (χ0) is 15.3. The van der Waals surface area contributed by atoms with E-state index in [1.54, 1.807) is 6.92 Å². The molecule has 0 spiro atoms. The lowest BCUT2D eigenvalue weighted by molar-refractivity contribution is -0.144. The first-order valence-electron chi connectivity index (χ1n) is 6.27. The number of hydrogen-bond donors (Lipinski definition) is 1. The van der Waals surface area contributed by atoms with Gasteiger partial charge in [-0.1, -0.05) is 6.08 Å². The number of rotatable bonds is 6. The summed E-state index contributed by atoms with van der Waals surface area (Å²) < 4.78 is 4.69. The molecule has 0 saturated heterocycles. The van der Waals surface area contributed by atoms with E-state index >= 15 is 0 Å². The Morgan fingerprint density at radius 3 is 2.60 bits per heavy atom. The quantitative estimate of drug-likeness (QED) is 0.447. The van der Waals surface area contributed by atoms with Gasteiger partial charge in [-0.15, -0.1) is 6.58 Å². The first-order valence-corrected chi connectivity index (χ1v) is 6.27. The molecule has 0 heterocycles. The lowest BCUT2D eigenvalue weighted by atomic mass is 9.85. The van der Waals surface area contributed by atoms with Gasteiger partial charge in [0.25, 0.3) is 0 Å². The van der Waals surface area contributed by atoms with Gasteiger partial charge in [-0.3, -0.25) is 14.4 Å². The first kappa shape index (κ1) is 16.0. The van der Waals surface area contributed by atoms with Crippen LogP contribution < -0.4 is 0 Å². The molecule has 0 aromatic carbocycles. The molecule has 0 fully saturated rings. The number of hydrogen-bond acceptors (Lipinski definition) is 5. The number of carbonyl (C=O) groups excluding carboxylic acids is 3. The van der Waals surface area contributed by atoms with Gasteiger partial charge in [0.1, 0.15) is 6.61 Å². The summed E-state index contributed by atoms with van der Waals surface area (Å²) in [5, 5.41) is 9.77. The van der Waals surface area contributed by atoms with Crippen molar-refractivity contribution in [3.63, 3.8) is 0 Å². The second-order valence-corrected chi connectivity index (χ2v) is 4.69. The molecule has 0 aromatic rings. The Morgan fingerprint density at radius 1 is 1.40 bits per heavy atom. The van der Waals surface area contributed by atoms with Crippen molar-refractivity contribution in [3.05, 3.63) is 36.0 Å². The van der Waals surface area contributed by atoms with Gasteiger partial charge in [0.15, 0.2) is 11.6 Å². The minimum absolute atomic E-state index is 0.149. The smallest absolute Gasteiger partial charge is 0.302 e. The average Bonchev–Trinajstić information content (AvgIpc) is 2.38. The molecule has 108 valence electrons. The highest BCUT2D eigenvalue weighted by Gasteiger charge is 2.25. The maximum Gasteiger partial charge on any atom is 0.302 e. The van der Waals surface area contributed by atoms with Crippen LogP contribution in [0.5, 0.6) is 0 Å². The maximum atomic E-state index is 11.9. The predicted molar refractivity (Wildman–Crippen MR) is 72.8 cm³/mol. The number of esters is 1. The highest BCUT2D eigenvalue weighted by Crippen LogP contribution is 2.24. The van der Waals surface area contributed by atoms with Crippen LogP contribution >= 0.6 is 0 Å². The highest BCUT2D eigenvalue weighted by molar-refractivity contribution is 6.20. The molecular formula is C15H18O5. The molecule has 5 heteroatoms. The number of allylic oxidation sites excluding steroid dienone is 5. The Bertz CT molecular complexity index is 498. The highest BCUT2D eigenvalue weighted by atomic mass is 16.5. The molecular weight excluding hydrogens is 260 g/mol. The second-order valence-electron chi connectivity index (χ2n) is 4.69. The molecule has 2 atom stereocenters. The van der Waals surface area contributed by atoms with E-state index in [0.717, 1.165) is 0 Å². The minimum atomic E-state index is -0.919. The molecule has 1 aliphatic carbocycles. The van der Waals surface area contributed by atoms with Gasteiger partial charge in [0.2, 0.25) is 0 Å². The molecule has 20 heavy (non-hydrogen) atoms. The standard InChI is InChI=1S/C15H18O5/c1-4-11(6-12(17)8-20-10(3)16)13-7-14(18)9(2)5-15(13)19/h4-5,7,11-12,17H,1,6,8H2,2-3H3/t11-,12-/m0/s1. The van der Waals surface area contributed by atoms with Crippen molar-refractivity contribution < 1.29 is 24.2 Å². The fraction of sp³-hybridized carbons (Fsp3) is 0.400. The van der Waals surface area contributed by atoms with Crippen molar-refractivity contribution in [2.24, 2.45) is 5.92 Å². The van der Waals surface area contributed by atoms with Gasteiger partial charge in [-0.05, 0) is 25.5 Å². The Hall–Kier alpha value is -2.01. The van der Waals surface area contributed by atoms with Crippen molar-refractivity contribution in [3.8, 4) is 0 Å². The van der Waals surface area contributed by atoms with E-state index in [1.165, 1.54) is 25.2 Å². The van der Waals surface area contributed by atoms with E-state index in [2.05, 4.69) is 6.58 Å². The summed E-state index contributed by atoms with van der Waals surface area (Å²) in [5.74, 6) is -1.42. The number of carbonyl (C=O) groups is 3. The third kappa shape index (κ3) is 4.28. The summed E-state index contributed by atoms with van der Waals surface area (Å²) in [6, 6.07) is 0. The molecule has 0 aromatic heterocycles. The normalized spacial score (nSPS) is 17.9. The Kier molecular flexibility index (Phi) is 5.58. The van der Waals surface area contributed by atoms with Gasteiger partial charge in [0.05, 0.1) is 6.10 Å². The molecule has 5 nitrogen and oxygen atoms in total. The van der Waals surface area contributed by atoms with Crippen molar-refractivity contribution in [1.82, 2.24) is 0 Å². The average molecular weight is 278 g/mol. The van der Waals surface area contributed by atoms with E-state index in [1.807, 2.05) is 0 Å². The summed E-state index contributed by atoms with van der Waals surface area (Å²) in [6.07, 6.45) is 3.31. The van der Waals surface area contributed by atoms with Gasteiger partial charge < -0.3 is 9.84 Å². The second kappa shape index (κ2) is 6.96. The predicted octanol–water partition coefficient (Wildman–Crippen LogP) is 1.13. The molecule has 1 rings (SSSR count). The molecule has 0 unspecified atom stereocenters. The van der Waals surface area contributed by atoms with Crippen molar-refractivity contribution in [2.45, 2.75) is 26.4 Å². The summed E-state index contributed by atoms with van der Waals surface area (Å²) >= 11 is 0. The van der Waals surface area contributed by atoms with Crippen molar-refractivity contribution in [2.75, 3.05) is 6.61 Å². The largest absolute Gasteiger partial charge is 0.463 e. The lowest BCUT2D eigenvalue weighted by Gasteiger charge is -2.20. The summed E-state index contributed by atoms with van der Waals surface area (Å²) in [7, 11) is 0. The van der Waals surface area contributed by atoms with E-state index in [9.17, 15) is 19.5 Å². The molecule has 0 saturated carbocycles. The number of ketones is 2. The lowest BCUT2D eigenvalue weighted by Crippen LogP contribution is -2.24. The summed E-state index contributed by atoms with van der Waals surface area (Å²) in [6.45, 7) is 6.29. The topological polar surface area (TPSA) is 80.7 Å². The molecule has 1 N–H and O–H groups in total. The van der Waals surface area contributed by atoms with Crippen molar-refractivity contribution in [1.29, 1.82) is 0 Å². The van der Waals surface area contributed by atoms with Gasteiger partial charge in [-0.2, -0.15) is 0 Å². The molecule has 0 bridgehead atoms. The number of aliphatic hydroxyl groups is 1. The molecule has 0 amide bonds. The Labute approximate surface area is 117 Å². The zero-order valence-electron chi connectivity index (χ0n) is 11.6. The Morgan fingerprint density at radius 2 is 2.05 bits per heavy atom. The minimum Gasteiger partial charge on any atom is -0.463 e. The van der Waals surface area contributed by atoms with Crippen LogP contribution in [0.2, 0.25) is 0 Å². The fourth-order valence-electron chi connectivity index (χ4n) is 1.89.